The van der Waals surface area contributed by atoms with Crippen molar-refractivity contribution in [1.82, 2.24) is 10.2 Å². The Morgan fingerprint density at radius 2 is 1.69 bits per heavy atom. The van der Waals surface area contributed by atoms with Crippen LogP contribution >= 0.6 is 15.9 Å². The Kier molecular flexibility index (Phi) is 10.5. The summed E-state index contributed by atoms with van der Waals surface area (Å²) >= 11 is 3.47. The van der Waals surface area contributed by atoms with Gasteiger partial charge in [-0.25, -0.2) is 8.42 Å². The van der Waals surface area contributed by atoms with Crippen molar-refractivity contribution in [1.29, 1.82) is 0 Å². The number of methoxy groups -OCH3 is 2. The number of halogens is 1. The molecule has 11 heteroatoms. The van der Waals surface area contributed by atoms with E-state index in [9.17, 15) is 18.0 Å². The van der Waals surface area contributed by atoms with Crippen molar-refractivity contribution < 1.29 is 27.5 Å². The van der Waals surface area contributed by atoms with Crippen molar-refractivity contribution in [3.63, 3.8) is 0 Å². The summed E-state index contributed by atoms with van der Waals surface area (Å²) in [7, 11) is -1.35. The number of hydrogen-bond donors (Lipinski definition) is 1. The Morgan fingerprint density at radius 3 is 2.33 bits per heavy atom. The number of rotatable bonds is 12. The van der Waals surface area contributed by atoms with E-state index in [0.717, 1.165) is 40.0 Å². The van der Waals surface area contributed by atoms with Gasteiger partial charge in [0.15, 0.2) is 0 Å². The molecule has 4 rings (SSSR count). The van der Waals surface area contributed by atoms with Gasteiger partial charge in [-0.05, 0) is 61.7 Å². The van der Waals surface area contributed by atoms with Crippen LogP contribution < -0.4 is 19.1 Å². The molecule has 0 aromatic heterocycles. The molecule has 0 spiro atoms. The topological polar surface area (TPSA) is 105 Å². The molecule has 42 heavy (non-hydrogen) atoms. The number of nitrogens with zero attached hydrogens (tertiary/aromatic N) is 2. The van der Waals surface area contributed by atoms with E-state index in [4.69, 9.17) is 9.47 Å². The number of nitrogens with one attached hydrogen (secondary N) is 1. The predicted octanol–water partition coefficient (Wildman–Crippen LogP) is 5.14. The smallest absolute Gasteiger partial charge is 0.264 e. The Morgan fingerprint density at radius 1 is 0.976 bits per heavy atom. The minimum atomic E-state index is -4.24. The van der Waals surface area contributed by atoms with Crippen molar-refractivity contribution >= 4 is 43.5 Å². The zero-order chi connectivity index (χ0) is 30.3. The SMILES string of the molecule is COc1ccc(OC)c(N(CC(=O)N(Cc2cccc(Br)c2)C(C)C(=O)NC2CCCC2)S(=O)(=O)c2ccccc2)c1. The molecule has 0 heterocycles. The standard InChI is InChI=1S/C31H36BrN3O6S/c1-22(31(37)33-25-12-7-8-13-25)34(20-23-10-9-11-24(32)18-23)30(36)21-35(42(38,39)27-14-5-4-6-15-27)28-19-26(40-2)16-17-29(28)41-3/h4-6,9-11,14-19,22,25H,7-8,12-13,20-21H2,1-3H3,(H,33,37). The average Bonchev–Trinajstić information content (AvgIpc) is 3.51. The van der Waals surface area contributed by atoms with Gasteiger partial charge in [0.2, 0.25) is 11.8 Å². The van der Waals surface area contributed by atoms with E-state index >= 15 is 0 Å². The van der Waals surface area contributed by atoms with E-state index in [1.807, 2.05) is 24.3 Å². The van der Waals surface area contributed by atoms with E-state index in [0.29, 0.717) is 5.75 Å². The highest BCUT2D eigenvalue weighted by molar-refractivity contribution is 9.10. The van der Waals surface area contributed by atoms with Gasteiger partial charge in [-0.15, -0.1) is 0 Å². The summed E-state index contributed by atoms with van der Waals surface area (Å²) in [5, 5.41) is 3.08. The molecule has 9 nitrogen and oxygen atoms in total. The fourth-order valence-corrected chi connectivity index (χ4v) is 6.92. The minimum Gasteiger partial charge on any atom is -0.497 e. The van der Waals surface area contributed by atoms with E-state index < -0.39 is 28.5 Å². The summed E-state index contributed by atoms with van der Waals surface area (Å²) in [5.74, 6) is -0.189. The van der Waals surface area contributed by atoms with Crippen LogP contribution in [0.1, 0.15) is 38.2 Å². The second-order valence-corrected chi connectivity index (χ2v) is 13.0. The maximum atomic E-state index is 14.2. The number of ether oxygens (including phenoxy) is 2. The molecule has 0 bridgehead atoms. The van der Waals surface area contributed by atoms with E-state index in [2.05, 4.69) is 21.2 Å². The quantitative estimate of drug-likeness (QED) is 0.289. The highest BCUT2D eigenvalue weighted by atomic mass is 79.9. The van der Waals surface area contributed by atoms with Crippen molar-refractivity contribution in [2.45, 2.75) is 56.1 Å². The Balaban J connectivity index is 1.75. The first kappa shape index (κ1) is 31.4. The summed E-state index contributed by atoms with van der Waals surface area (Å²) < 4.78 is 40.9. The molecule has 1 aliphatic rings. The average molecular weight is 659 g/mol. The van der Waals surface area contributed by atoms with Crippen LogP contribution in [0, 0.1) is 0 Å². The first-order valence-corrected chi connectivity index (χ1v) is 16.0. The fourth-order valence-electron chi connectivity index (χ4n) is 5.03. The highest BCUT2D eigenvalue weighted by Crippen LogP contribution is 2.36. The second-order valence-electron chi connectivity index (χ2n) is 10.2. The molecule has 1 aliphatic carbocycles. The molecule has 1 N–H and O–H groups in total. The number of anilines is 1. The first-order valence-electron chi connectivity index (χ1n) is 13.8. The van der Waals surface area contributed by atoms with Crippen molar-refractivity contribution in [3.8, 4) is 11.5 Å². The Labute approximate surface area is 256 Å². The summed E-state index contributed by atoms with van der Waals surface area (Å²) in [5.41, 5.74) is 0.925. The van der Waals surface area contributed by atoms with Gasteiger partial charge in [0, 0.05) is 23.1 Å². The molecule has 2 amide bonds. The van der Waals surface area contributed by atoms with Crippen molar-refractivity contribution in [2.24, 2.45) is 0 Å². The highest BCUT2D eigenvalue weighted by Gasteiger charge is 2.34. The third kappa shape index (κ3) is 7.43. The Hall–Kier alpha value is -3.57. The molecule has 3 aromatic rings. The molecule has 0 aliphatic heterocycles. The summed E-state index contributed by atoms with van der Waals surface area (Å²) in [6.07, 6.45) is 3.90. The van der Waals surface area contributed by atoms with Gasteiger partial charge in [-0.1, -0.05) is 59.1 Å². The molecule has 0 radical (unpaired) electrons. The normalized spacial score (nSPS) is 14.2. The van der Waals surface area contributed by atoms with Crippen LogP contribution in [0.25, 0.3) is 0 Å². The van der Waals surface area contributed by atoms with Crippen LogP contribution in [0.15, 0.2) is 82.2 Å². The molecule has 1 atom stereocenters. The van der Waals surface area contributed by atoms with Gasteiger partial charge >= 0.3 is 0 Å². The largest absolute Gasteiger partial charge is 0.497 e. The third-order valence-corrected chi connectivity index (χ3v) is 9.64. The lowest BCUT2D eigenvalue weighted by Gasteiger charge is -2.33. The molecule has 1 unspecified atom stereocenters. The van der Waals surface area contributed by atoms with Crippen LogP contribution in [0.3, 0.4) is 0 Å². The fraction of sp³-hybridized carbons (Fsp3) is 0.355. The molecular weight excluding hydrogens is 622 g/mol. The van der Waals surface area contributed by atoms with Crippen LogP contribution in [0.4, 0.5) is 5.69 Å². The molecule has 224 valence electrons. The van der Waals surface area contributed by atoms with Gasteiger partial charge in [0.25, 0.3) is 10.0 Å². The van der Waals surface area contributed by atoms with Gasteiger partial charge < -0.3 is 19.7 Å². The van der Waals surface area contributed by atoms with E-state index in [1.165, 1.54) is 37.3 Å². The van der Waals surface area contributed by atoms with E-state index in [1.54, 1.807) is 37.3 Å². The third-order valence-electron chi connectivity index (χ3n) is 7.38. The van der Waals surface area contributed by atoms with Crippen LogP contribution in [-0.4, -0.2) is 58.0 Å². The van der Waals surface area contributed by atoms with Gasteiger partial charge in [0.05, 0.1) is 24.8 Å². The Bertz CT molecular complexity index is 1500. The monoisotopic (exact) mass is 657 g/mol. The zero-order valence-electron chi connectivity index (χ0n) is 24.0. The van der Waals surface area contributed by atoms with Gasteiger partial charge in [-0.3, -0.25) is 13.9 Å². The number of amides is 2. The maximum Gasteiger partial charge on any atom is 0.264 e. The summed E-state index contributed by atoms with van der Waals surface area (Å²) in [4.78, 5) is 29.0. The van der Waals surface area contributed by atoms with Crippen LogP contribution in [0.2, 0.25) is 0 Å². The molecule has 0 saturated heterocycles. The van der Waals surface area contributed by atoms with Crippen LogP contribution in [-0.2, 0) is 26.2 Å². The summed E-state index contributed by atoms with van der Waals surface area (Å²) in [6.45, 7) is 1.20. The number of carbonyl (C=O) groups is 2. The van der Waals surface area contributed by atoms with Crippen molar-refractivity contribution in [3.05, 3.63) is 82.8 Å². The molecule has 3 aromatic carbocycles. The number of sulfonamides is 1. The molecule has 1 fully saturated rings. The lowest BCUT2D eigenvalue weighted by molar-refractivity contribution is -0.139. The molecular formula is C31H36BrN3O6S. The number of hydrogen-bond acceptors (Lipinski definition) is 6. The van der Waals surface area contributed by atoms with Crippen molar-refractivity contribution in [2.75, 3.05) is 25.1 Å². The number of carbonyl (C=O) groups excluding carboxylic acids is 2. The van der Waals surface area contributed by atoms with Gasteiger partial charge in [0.1, 0.15) is 24.1 Å². The first-order chi connectivity index (χ1) is 20.1. The second kappa shape index (κ2) is 14.1. The number of benzene rings is 3. The van der Waals surface area contributed by atoms with Gasteiger partial charge in [-0.2, -0.15) is 0 Å². The summed E-state index contributed by atoms with van der Waals surface area (Å²) in [6, 6.07) is 19.3. The minimum absolute atomic E-state index is 0.00763. The lowest BCUT2D eigenvalue weighted by Crippen LogP contribution is -2.52. The van der Waals surface area contributed by atoms with Crippen LogP contribution in [0.5, 0.6) is 11.5 Å². The lowest BCUT2D eigenvalue weighted by atomic mass is 10.1. The van der Waals surface area contributed by atoms with E-state index in [-0.39, 0.29) is 34.8 Å². The molecule has 1 saturated carbocycles. The predicted molar refractivity (Wildman–Crippen MR) is 165 cm³/mol. The maximum absolute atomic E-state index is 14.2. The zero-order valence-corrected chi connectivity index (χ0v) is 26.4.